The van der Waals surface area contributed by atoms with Gasteiger partial charge in [-0.25, -0.2) is 14.4 Å². The van der Waals surface area contributed by atoms with E-state index in [1.807, 2.05) is 25.1 Å². The fourth-order valence-corrected chi connectivity index (χ4v) is 4.51. The van der Waals surface area contributed by atoms with E-state index in [9.17, 15) is 9.18 Å². The smallest absolute Gasteiger partial charge is 0.252 e. The van der Waals surface area contributed by atoms with Crippen LogP contribution in [0.4, 0.5) is 21.7 Å². The van der Waals surface area contributed by atoms with Gasteiger partial charge in [0, 0.05) is 17.8 Å². The number of fused-ring (bicyclic) bond motifs is 1. The maximum atomic E-state index is 14.6. The molecule has 0 unspecified atom stereocenters. The van der Waals surface area contributed by atoms with Crippen molar-refractivity contribution >= 4 is 44.8 Å². The summed E-state index contributed by atoms with van der Waals surface area (Å²) in [4.78, 5) is 20.6. The number of aryl methyl sites for hydroxylation is 1. The number of pyridine rings is 1. The van der Waals surface area contributed by atoms with Gasteiger partial charge in [0.05, 0.1) is 20.8 Å². The zero-order valence-corrected chi connectivity index (χ0v) is 16.9. The number of aromatic nitrogens is 2. The van der Waals surface area contributed by atoms with Gasteiger partial charge in [0.2, 0.25) is 0 Å². The van der Waals surface area contributed by atoms with Crippen molar-refractivity contribution < 1.29 is 9.18 Å². The lowest BCUT2D eigenvalue weighted by Gasteiger charge is -2.30. The molecule has 152 valence electrons. The Bertz CT molecular complexity index is 1070. The largest absolute Gasteiger partial charge is 0.365 e. The van der Waals surface area contributed by atoms with Crippen LogP contribution in [0, 0.1) is 12.7 Å². The third-order valence-corrected chi connectivity index (χ3v) is 6.07. The molecule has 0 saturated heterocycles. The Labute approximate surface area is 171 Å². The van der Waals surface area contributed by atoms with Crippen LogP contribution >= 0.6 is 11.3 Å². The standard InChI is InChI=1S/C20H23FN6OS/c1-10-24-16-7-6-11(8-17(16)29-10)25-19-12(18(23)28)9-13(21)20(27-19)26-15-5-3-2-4-14(15)22/h6-9,14-15H,2-5,22H2,1H3,(H2,23,28)(H2,25,26,27)/t14-,15+/m0/s1. The van der Waals surface area contributed by atoms with Gasteiger partial charge in [-0.2, -0.15) is 0 Å². The highest BCUT2D eigenvalue weighted by molar-refractivity contribution is 7.18. The molecule has 1 amide bonds. The first-order valence-electron chi connectivity index (χ1n) is 9.57. The zero-order valence-electron chi connectivity index (χ0n) is 16.0. The molecule has 2 heterocycles. The van der Waals surface area contributed by atoms with Crippen LogP contribution in [0.5, 0.6) is 0 Å². The minimum atomic E-state index is -0.755. The van der Waals surface area contributed by atoms with Gasteiger partial charge < -0.3 is 22.1 Å². The predicted octanol–water partition coefficient (Wildman–Crippen LogP) is 3.66. The SMILES string of the molecule is Cc1nc2ccc(Nc3nc(N[C@@H]4CCCC[C@@H]4N)c(F)cc3C(N)=O)cc2s1. The number of anilines is 3. The molecule has 1 aliphatic rings. The molecule has 2 aromatic heterocycles. The van der Waals surface area contributed by atoms with Gasteiger partial charge in [-0.1, -0.05) is 12.8 Å². The van der Waals surface area contributed by atoms with Gasteiger partial charge >= 0.3 is 0 Å². The van der Waals surface area contributed by atoms with Crippen LogP contribution in [0.15, 0.2) is 24.3 Å². The van der Waals surface area contributed by atoms with Crippen LogP contribution in [0.3, 0.4) is 0 Å². The molecule has 0 spiro atoms. The molecule has 1 aromatic carbocycles. The number of amides is 1. The highest BCUT2D eigenvalue weighted by Gasteiger charge is 2.24. The molecule has 1 fully saturated rings. The highest BCUT2D eigenvalue weighted by Crippen LogP contribution is 2.29. The third kappa shape index (κ3) is 4.15. The summed E-state index contributed by atoms with van der Waals surface area (Å²) in [6.07, 6.45) is 3.84. The lowest BCUT2D eigenvalue weighted by molar-refractivity contribution is 0.100. The lowest BCUT2D eigenvalue weighted by atomic mass is 9.91. The van der Waals surface area contributed by atoms with Crippen molar-refractivity contribution in [3.8, 4) is 0 Å². The van der Waals surface area contributed by atoms with Gasteiger partial charge in [-0.15, -0.1) is 11.3 Å². The molecule has 6 N–H and O–H groups in total. The van der Waals surface area contributed by atoms with Crippen molar-refractivity contribution in [2.45, 2.75) is 44.7 Å². The number of halogens is 1. The van der Waals surface area contributed by atoms with Gasteiger partial charge in [-0.3, -0.25) is 4.79 Å². The first-order chi connectivity index (χ1) is 13.9. The van der Waals surface area contributed by atoms with Crippen LogP contribution in [-0.2, 0) is 0 Å². The number of carbonyl (C=O) groups excluding carboxylic acids is 1. The van der Waals surface area contributed by atoms with Crippen molar-refractivity contribution in [1.29, 1.82) is 0 Å². The average molecular weight is 415 g/mol. The van der Waals surface area contributed by atoms with Crippen molar-refractivity contribution in [1.82, 2.24) is 9.97 Å². The van der Waals surface area contributed by atoms with Gasteiger partial charge in [-0.05, 0) is 44.0 Å². The number of benzene rings is 1. The van der Waals surface area contributed by atoms with Crippen molar-refractivity contribution in [3.63, 3.8) is 0 Å². The highest BCUT2D eigenvalue weighted by atomic mass is 32.1. The first-order valence-corrected chi connectivity index (χ1v) is 10.4. The summed E-state index contributed by atoms with van der Waals surface area (Å²) < 4.78 is 15.6. The second-order valence-electron chi connectivity index (χ2n) is 7.32. The molecule has 1 saturated carbocycles. The number of nitrogens with one attached hydrogen (secondary N) is 2. The van der Waals surface area contributed by atoms with Crippen molar-refractivity contribution in [2.24, 2.45) is 11.5 Å². The molecule has 2 atom stereocenters. The van der Waals surface area contributed by atoms with Crippen molar-refractivity contribution in [3.05, 3.63) is 40.7 Å². The van der Waals surface area contributed by atoms with Crippen LogP contribution < -0.4 is 22.1 Å². The number of hydrogen-bond donors (Lipinski definition) is 4. The molecule has 0 aliphatic heterocycles. The fourth-order valence-electron chi connectivity index (χ4n) is 3.64. The first kappa shape index (κ1) is 19.5. The molecular weight excluding hydrogens is 391 g/mol. The monoisotopic (exact) mass is 414 g/mol. The third-order valence-electron chi connectivity index (χ3n) is 5.14. The van der Waals surface area contributed by atoms with E-state index in [2.05, 4.69) is 20.6 Å². The van der Waals surface area contributed by atoms with E-state index >= 15 is 0 Å². The van der Waals surface area contributed by atoms with Gasteiger partial charge in [0.1, 0.15) is 5.82 Å². The van der Waals surface area contributed by atoms with Gasteiger partial charge in [0.15, 0.2) is 11.6 Å². The van der Waals surface area contributed by atoms with E-state index in [0.29, 0.717) is 5.69 Å². The minimum Gasteiger partial charge on any atom is -0.365 e. The Hall–Kier alpha value is -2.78. The Morgan fingerprint density at radius 2 is 2.00 bits per heavy atom. The quantitative estimate of drug-likeness (QED) is 0.506. The van der Waals surface area contributed by atoms with Crippen molar-refractivity contribution in [2.75, 3.05) is 10.6 Å². The molecular formula is C20H23FN6OS. The summed E-state index contributed by atoms with van der Waals surface area (Å²) >= 11 is 1.57. The zero-order chi connectivity index (χ0) is 20.5. The normalized spacial score (nSPS) is 19.3. The molecule has 1 aliphatic carbocycles. The fraction of sp³-hybridized carbons (Fsp3) is 0.350. The van der Waals surface area contributed by atoms with Crippen LogP contribution in [0.2, 0.25) is 0 Å². The molecule has 4 rings (SSSR count). The number of nitrogens with two attached hydrogens (primary N) is 2. The lowest BCUT2D eigenvalue weighted by Crippen LogP contribution is -2.43. The number of thiazole rings is 1. The Morgan fingerprint density at radius 3 is 2.76 bits per heavy atom. The Balaban J connectivity index is 1.66. The second kappa shape index (κ2) is 7.92. The van der Waals surface area contributed by atoms with Crippen LogP contribution in [0.1, 0.15) is 41.0 Å². The number of hydrogen-bond acceptors (Lipinski definition) is 7. The topological polar surface area (TPSA) is 119 Å². The van der Waals surface area contributed by atoms with E-state index < -0.39 is 11.7 Å². The predicted molar refractivity (Wildman–Crippen MR) is 114 cm³/mol. The number of nitrogens with zero attached hydrogens (tertiary/aromatic N) is 2. The number of rotatable bonds is 5. The maximum absolute atomic E-state index is 14.6. The molecule has 3 aromatic rings. The summed E-state index contributed by atoms with van der Waals surface area (Å²) in [5, 5.41) is 7.18. The summed E-state index contributed by atoms with van der Waals surface area (Å²) in [5.41, 5.74) is 13.2. The summed E-state index contributed by atoms with van der Waals surface area (Å²) in [5.74, 6) is -1.12. The maximum Gasteiger partial charge on any atom is 0.252 e. The van der Waals surface area contributed by atoms with Crippen LogP contribution in [-0.4, -0.2) is 28.0 Å². The Kier molecular flexibility index (Phi) is 5.33. The molecule has 0 radical (unpaired) electrons. The van der Waals surface area contributed by atoms with Crippen LogP contribution in [0.25, 0.3) is 10.2 Å². The second-order valence-corrected chi connectivity index (χ2v) is 8.55. The molecule has 29 heavy (non-hydrogen) atoms. The molecule has 0 bridgehead atoms. The van der Waals surface area contributed by atoms with E-state index in [4.69, 9.17) is 11.5 Å². The summed E-state index contributed by atoms with van der Waals surface area (Å²) in [6.45, 7) is 1.94. The molecule has 7 nitrogen and oxygen atoms in total. The number of carbonyl (C=O) groups is 1. The van der Waals surface area contributed by atoms with E-state index in [-0.39, 0.29) is 29.3 Å². The molecule has 9 heteroatoms. The van der Waals surface area contributed by atoms with E-state index in [0.717, 1.165) is 47.0 Å². The summed E-state index contributed by atoms with van der Waals surface area (Å²) in [6, 6.07) is 6.63. The minimum absolute atomic E-state index is 0.0124. The average Bonchev–Trinajstić information content (AvgIpc) is 3.05. The van der Waals surface area contributed by atoms with E-state index in [1.165, 1.54) is 0 Å². The summed E-state index contributed by atoms with van der Waals surface area (Å²) in [7, 11) is 0. The number of primary amides is 1. The van der Waals surface area contributed by atoms with E-state index in [1.54, 1.807) is 11.3 Å². The Morgan fingerprint density at radius 1 is 1.21 bits per heavy atom. The van der Waals surface area contributed by atoms with Gasteiger partial charge in [0.25, 0.3) is 5.91 Å².